The number of aliphatic hydroxyl groups is 1. The number of aromatic nitrogens is 2. The molecule has 0 unspecified atom stereocenters. The molecule has 0 aromatic carbocycles. The van der Waals surface area contributed by atoms with E-state index in [1.165, 1.54) is 12.8 Å². The molecule has 0 bridgehead atoms. The summed E-state index contributed by atoms with van der Waals surface area (Å²) in [5, 5.41) is 17.3. The highest BCUT2D eigenvalue weighted by atomic mass is 16.3. The fraction of sp³-hybridized carbons (Fsp3) is 0.778. The molecule has 6 nitrogen and oxygen atoms in total. The molecule has 6 heteroatoms. The molecule has 1 aliphatic heterocycles. The van der Waals surface area contributed by atoms with Gasteiger partial charge in [-0.3, -0.25) is 4.68 Å². The highest BCUT2D eigenvalue weighted by Gasteiger charge is 2.43. The van der Waals surface area contributed by atoms with E-state index in [4.69, 9.17) is 0 Å². The molecule has 3 rings (SSSR count). The van der Waals surface area contributed by atoms with Gasteiger partial charge in [0.05, 0.1) is 30.1 Å². The number of carbonyl (C=O) groups excluding carboxylic acids is 1. The van der Waals surface area contributed by atoms with Gasteiger partial charge >= 0.3 is 6.03 Å². The van der Waals surface area contributed by atoms with Gasteiger partial charge < -0.3 is 15.3 Å². The van der Waals surface area contributed by atoms with Crippen molar-refractivity contribution in [2.75, 3.05) is 18.5 Å². The second-order valence-corrected chi connectivity index (χ2v) is 7.95. The van der Waals surface area contributed by atoms with Crippen LogP contribution in [-0.4, -0.2) is 44.5 Å². The first-order chi connectivity index (χ1) is 11.4. The smallest absolute Gasteiger partial charge is 0.322 e. The lowest BCUT2D eigenvalue weighted by Gasteiger charge is -2.38. The maximum atomic E-state index is 12.8. The molecule has 1 aromatic heterocycles. The predicted molar refractivity (Wildman–Crippen MR) is 93.9 cm³/mol. The molecule has 2 fully saturated rings. The number of anilines is 1. The van der Waals surface area contributed by atoms with Crippen LogP contribution in [0.1, 0.15) is 58.9 Å². The second kappa shape index (κ2) is 6.75. The Morgan fingerprint density at radius 1 is 1.46 bits per heavy atom. The zero-order valence-electron chi connectivity index (χ0n) is 15.0. The van der Waals surface area contributed by atoms with Crippen LogP contribution in [0.4, 0.5) is 10.5 Å². The van der Waals surface area contributed by atoms with Crippen molar-refractivity contribution in [1.29, 1.82) is 0 Å². The monoisotopic (exact) mass is 334 g/mol. The number of likely N-dealkylation sites (tertiary alicyclic amines) is 1. The molecule has 2 amide bonds. The molecule has 1 saturated heterocycles. The van der Waals surface area contributed by atoms with Crippen LogP contribution in [0.3, 0.4) is 0 Å². The van der Waals surface area contributed by atoms with Crippen molar-refractivity contribution in [2.24, 2.45) is 11.8 Å². The molecule has 24 heavy (non-hydrogen) atoms. The first-order valence-electron chi connectivity index (χ1n) is 9.19. The number of amides is 2. The summed E-state index contributed by atoms with van der Waals surface area (Å²) in [4.78, 5) is 14.6. The third-order valence-corrected chi connectivity index (χ3v) is 5.50. The first kappa shape index (κ1) is 17.3. The van der Waals surface area contributed by atoms with E-state index in [2.05, 4.69) is 31.2 Å². The van der Waals surface area contributed by atoms with Crippen molar-refractivity contribution < 1.29 is 9.90 Å². The number of urea groups is 1. The van der Waals surface area contributed by atoms with Crippen LogP contribution in [0, 0.1) is 11.8 Å². The minimum absolute atomic E-state index is 0.0244. The fourth-order valence-corrected chi connectivity index (χ4v) is 4.07. The summed E-state index contributed by atoms with van der Waals surface area (Å²) in [5.41, 5.74) is 0.311. The van der Waals surface area contributed by atoms with Gasteiger partial charge in [0.2, 0.25) is 0 Å². The normalized spacial score (nSPS) is 25.3. The molecule has 1 aromatic rings. The minimum atomic E-state index is -0.421. The Morgan fingerprint density at radius 2 is 2.21 bits per heavy atom. The van der Waals surface area contributed by atoms with Gasteiger partial charge in [-0.2, -0.15) is 5.10 Å². The minimum Gasteiger partial charge on any atom is -0.394 e. The quantitative estimate of drug-likeness (QED) is 0.839. The number of hydrogen-bond donors (Lipinski definition) is 2. The first-order valence-corrected chi connectivity index (χ1v) is 9.19. The highest BCUT2D eigenvalue weighted by Crippen LogP contribution is 2.39. The molecule has 2 atom stereocenters. The molecule has 2 aliphatic rings. The number of rotatable bonds is 6. The average Bonchev–Trinajstić information content (AvgIpc) is 3.15. The maximum absolute atomic E-state index is 12.8. The molecule has 2 heterocycles. The van der Waals surface area contributed by atoms with Crippen LogP contribution in [-0.2, 0) is 0 Å². The van der Waals surface area contributed by atoms with E-state index in [-0.39, 0.29) is 12.6 Å². The molecule has 1 aliphatic carbocycles. The lowest BCUT2D eigenvalue weighted by molar-refractivity contribution is 0.0728. The van der Waals surface area contributed by atoms with Gasteiger partial charge in [0.25, 0.3) is 0 Å². The molecule has 1 saturated carbocycles. The molecule has 2 N–H and O–H groups in total. The number of hydrogen-bond acceptors (Lipinski definition) is 3. The highest BCUT2D eigenvalue weighted by molar-refractivity contribution is 5.89. The van der Waals surface area contributed by atoms with Crippen LogP contribution in [0.25, 0.3) is 0 Å². The Hall–Kier alpha value is -1.56. The summed E-state index contributed by atoms with van der Waals surface area (Å²) in [5.74, 6) is 1.16. The predicted octanol–water partition coefficient (Wildman–Crippen LogP) is 3.26. The van der Waals surface area contributed by atoms with Crippen molar-refractivity contribution in [3.8, 4) is 0 Å². The average molecular weight is 334 g/mol. The largest absolute Gasteiger partial charge is 0.394 e. The maximum Gasteiger partial charge on any atom is 0.322 e. The summed E-state index contributed by atoms with van der Waals surface area (Å²) in [7, 11) is 0. The van der Waals surface area contributed by atoms with Gasteiger partial charge in [0.15, 0.2) is 0 Å². The van der Waals surface area contributed by atoms with Gasteiger partial charge in [0.1, 0.15) is 0 Å². The van der Waals surface area contributed by atoms with Crippen molar-refractivity contribution in [1.82, 2.24) is 14.7 Å². The lowest BCUT2D eigenvalue weighted by Crippen LogP contribution is -2.52. The van der Waals surface area contributed by atoms with Crippen LogP contribution in [0.5, 0.6) is 0 Å². The van der Waals surface area contributed by atoms with Crippen LogP contribution >= 0.6 is 0 Å². The lowest BCUT2D eigenvalue weighted by atomic mass is 9.87. The summed E-state index contributed by atoms with van der Waals surface area (Å²) in [6, 6.07) is 0.265. The van der Waals surface area contributed by atoms with E-state index in [0.29, 0.717) is 18.5 Å². The van der Waals surface area contributed by atoms with Crippen LogP contribution in [0.15, 0.2) is 12.4 Å². The standard InChI is InChI=1S/C18H30N4O2/c1-13(2)9-18(12-23)7-4-8-21(18)17(24)20-16-10-19-22(11-16)14(3)15-5-6-15/h10-11,13-15,23H,4-9,12H2,1-3H3,(H,20,24)/t14-,18+/m1/s1. The number of carbonyl (C=O) groups is 1. The van der Waals surface area contributed by atoms with Crippen molar-refractivity contribution in [2.45, 2.75) is 64.5 Å². The third kappa shape index (κ3) is 3.43. The molecule has 134 valence electrons. The zero-order chi connectivity index (χ0) is 17.3. The zero-order valence-corrected chi connectivity index (χ0v) is 15.0. The summed E-state index contributed by atoms with van der Waals surface area (Å²) in [6.07, 6.45) is 8.81. The van der Waals surface area contributed by atoms with Crippen molar-refractivity contribution in [3.05, 3.63) is 12.4 Å². The van der Waals surface area contributed by atoms with E-state index in [1.807, 2.05) is 15.8 Å². The molecular weight excluding hydrogens is 304 g/mol. The van der Waals surface area contributed by atoms with Crippen molar-refractivity contribution >= 4 is 11.7 Å². The summed E-state index contributed by atoms with van der Waals surface area (Å²) in [6.45, 7) is 7.17. The Morgan fingerprint density at radius 3 is 2.83 bits per heavy atom. The molecular formula is C18H30N4O2. The number of nitrogens with one attached hydrogen (secondary N) is 1. The summed E-state index contributed by atoms with van der Waals surface area (Å²) < 4.78 is 1.95. The van der Waals surface area contributed by atoms with Crippen LogP contribution in [0.2, 0.25) is 0 Å². The Balaban J connectivity index is 1.67. The van der Waals surface area contributed by atoms with Crippen molar-refractivity contribution in [3.63, 3.8) is 0 Å². The second-order valence-electron chi connectivity index (χ2n) is 7.95. The van der Waals surface area contributed by atoms with E-state index >= 15 is 0 Å². The third-order valence-electron chi connectivity index (χ3n) is 5.50. The van der Waals surface area contributed by atoms with Crippen LogP contribution < -0.4 is 5.32 Å². The van der Waals surface area contributed by atoms with E-state index in [9.17, 15) is 9.90 Å². The van der Waals surface area contributed by atoms with Gasteiger partial charge in [0, 0.05) is 12.7 Å². The van der Waals surface area contributed by atoms with Gasteiger partial charge in [-0.1, -0.05) is 13.8 Å². The van der Waals surface area contributed by atoms with Gasteiger partial charge in [-0.25, -0.2) is 4.79 Å². The molecule has 0 spiro atoms. The van der Waals surface area contributed by atoms with E-state index in [1.54, 1.807) is 6.20 Å². The number of aliphatic hydroxyl groups excluding tert-OH is 1. The van der Waals surface area contributed by atoms with E-state index in [0.717, 1.165) is 30.9 Å². The topological polar surface area (TPSA) is 70.4 Å². The fourth-order valence-electron chi connectivity index (χ4n) is 4.07. The SMILES string of the molecule is CC(C)C[C@]1(CO)CCCN1C(=O)Nc1cnn([C@H](C)C2CC2)c1. The Kier molecular flexibility index (Phi) is 4.85. The number of nitrogens with zero attached hydrogens (tertiary/aromatic N) is 3. The van der Waals surface area contributed by atoms with E-state index < -0.39 is 5.54 Å². The molecule has 0 radical (unpaired) electrons. The van der Waals surface area contributed by atoms with Gasteiger partial charge in [-0.15, -0.1) is 0 Å². The Labute approximate surface area is 144 Å². The van der Waals surface area contributed by atoms with Gasteiger partial charge in [-0.05, 0) is 50.9 Å². The Bertz CT molecular complexity index is 581. The summed E-state index contributed by atoms with van der Waals surface area (Å²) >= 11 is 0.